The van der Waals surface area contributed by atoms with Crippen LogP contribution in [0, 0.1) is 0 Å². The van der Waals surface area contributed by atoms with Crippen molar-refractivity contribution in [3.8, 4) is 0 Å². The fraction of sp³-hybridized carbons (Fsp3) is 0.812. The van der Waals surface area contributed by atoms with Crippen molar-refractivity contribution in [3.63, 3.8) is 0 Å². The zero-order chi connectivity index (χ0) is 21.0. The van der Waals surface area contributed by atoms with Gasteiger partial charge in [0.25, 0.3) is 0 Å². The van der Waals surface area contributed by atoms with E-state index in [4.69, 9.17) is 35.5 Å². The molecule has 0 saturated carbocycles. The minimum atomic E-state index is -0.889. The summed E-state index contributed by atoms with van der Waals surface area (Å²) in [5, 5.41) is 11.1. The topological polar surface area (TPSA) is 172 Å². The van der Waals surface area contributed by atoms with Crippen LogP contribution in [0.4, 0.5) is 0 Å². The number of carboxylic acid groups (broad SMARTS) is 1. The molecule has 0 fully saturated rings. The van der Waals surface area contributed by atoms with Crippen LogP contribution in [-0.2, 0) is 33.3 Å². The molecule has 0 aliphatic rings. The number of thioether (sulfide) groups is 1. The summed E-state index contributed by atoms with van der Waals surface area (Å²) < 4.78 is 20.9. The highest BCUT2D eigenvalue weighted by atomic mass is 32.2. The van der Waals surface area contributed by atoms with E-state index >= 15 is 0 Å². The number of carboxylic acids is 1. The Morgan fingerprint density at radius 3 is 1.89 bits per heavy atom. The van der Waals surface area contributed by atoms with Crippen molar-refractivity contribution in [2.24, 2.45) is 11.5 Å². The lowest BCUT2D eigenvalue weighted by molar-refractivity contribution is -0.138. The van der Waals surface area contributed by atoms with E-state index in [-0.39, 0.29) is 24.7 Å². The van der Waals surface area contributed by atoms with E-state index in [1.165, 1.54) is 11.8 Å². The van der Waals surface area contributed by atoms with Gasteiger partial charge in [-0.2, -0.15) is 0 Å². The summed E-state index contributed by atoms with van der Waals surface area (Å²) in [5.41, 5.74) is 10.5. The third-order valence-electron chi connectivity index (χ3n) is 3.04. The molecule has 0 aliphatic carbocycles. The van der Waals surface area contributed by atoms with E-state index < -0.39 is 17.9 Å². The predicted molar refractivity (Wildman–Crippen MR) is 103 cm³/mol. The highest BCUT2D eigenvalue weighted by Gasteiger charge is 2.10. The van der Waals surface area contributed by atoms with Crippen LogP contribution in [0.15, 0.2) is 0 Å². The van der Waals surface area contributed by atoms with Crippen molar-refractivity contribution >= 4 is 29.5 Å². The smallest absolute Gasteiger partial charge is 0.305 e. The van der Waals surface area contributed by atoms with E-state index in [2.05, 4.69) is 5.32 Å². The van der Waals surface area contributed by atoms with Gasteiger partial charge in [0.15, 0.2) is 0 Å². The number of hydrogen-bond acceptors (Lipinski definition) is 9. The molecular formula is C16H31N3O8S. The van der Waals surface area contributed by atoms with Crippen LogP contribution in [0.2, 0.25) is 0 Å². The fourth-order valence-corrected chi connectivity index (χ4v) is 2.42. The SMILES string of the molecule is NC(=O)[C@@H](N)CSCC(=O)NCCOCCOCCOCCOCCC(=O)O. The van der Waals surface area contributed by atoms with Crippen molar-refractivity contribution < 1.29 is 38.4 Å². The molecule has 0 spiro atoms. The van der Waals surface area contributed by atoms with E-state index in [1.54, 1.807) is 0 Å². The van der Waals surface area contributed by atoms with Gasteiger partial charge in [0, 0.05) is 12.3 Å². The molecule has 11 nitrogen and oxygen atoms in total. The standard InChI is InChI=1S/C16H31N3O8S/c17-13(16(18)23)11-28-12-14(20)19-2-4-25-6-8-27-10-9-26-7-5-24-3-1-15(21)22/h13H,1-12,17H2,(H2,18,23)(H,19,20)(H,21,22)/t13-/m0/s1. The Hall–Kier alpha value is -1.44. The molecule has 0 unspecified atom stereocenters. The summed E-state index contributed by atoms with van der Waals surface area (Å²) in [5.74, 6) is -1.13. The van der Waals surface area contributed by atoms with Gasteiger partial charge >= 0.3 is 5.97 Å². The number of amides is 2. The molecule has 0 heterocycles. The number of nitrogens with two attached hydrogens (primary N) is 2. The summed E-state index contributed by atoms with van der Waals surface area (Å²) in [6.07, 6.45) is -0.0165. The highest BCUT2D eigenvalue weighted by Crippen LogP contribution is 2.00. The second-order valence-corrected chi connectivity index (χ2v) is 6.50. The van der Waals surface area contributed by atoms with Gasteiger partial charge in [0.1, 0.15) is 0 Å². The molecule has 0 rings (SSSR count). The monoisotopic (exact) mass is 425 g/mol. The van der Waals surface area contributed by atoms with Crippen molar-refractivity contribution in [1.29, 1.82) is 0 Å². The summed E-state index contributed by atoms with van der Waals surface area (Å²) >= 11 is 1.24. The Bertz CT molecular complexity index is 442. The maximum atomic E-state index is 11.5. The quantitative estimate of drug-likeness (QED) is 0.163. The van der Waals surface area contributed by atoms with Crippen LogP contribution in [0.1, 0.15) is 6.42 Å². The lowest BCUT2D eigenvalue weighted by Crippen LogP contribution is -2.39. The van der Waals surface area contributed by atoms with Crippen LogP contribution in [-0.4, -0.2) is 99.8 Å². The summed E-state index contributed by atoms with van der Waals surface area (Å²) in [6, 6.07) is -0.747. The zero-order valence-electron chi connectivity index (χ0n) is 15.9. The third kappa shape index (κ3) is 19.3. The fourth-order valence-electron chi connectivity index (χ4n) is 1.60. The largest absolute Gasteiger partial charge is 0.481 e. The molecule has 0 aromatic heterocycles. The molecule has 0 radical (unpaired) electrons. The average Bonchev–Trinajstić information content (AvgIpc) is 2.64. The molecule has 164 valence electrons. The molecule has 0 aliphatic heterocycles. The molecule has 0 aromatic carbocycles. The van der Waals surface area contributed by atoms with Gasteiger partial charge < -0.3 is 40.8 Å². The van der Waals surface area contributed by atoms with Crippen LogP contribution < -0.4 is 16.8 Å². The number of ether oxygens (including phenoxy) is 4. The van der Waals surface area contributed by atoms with Crippen molar-refractivity contribution in [2.45, 2.75) is 12.5 Å². The van der Waals surface area contributed by atoms with Gasteiger partial charge in [-0.25, -0.2) is 0 Å². The number of hydrogen-bond donors (Lipinski definition) is 4. The third-order valence-corrected chi connectivity index (χ3v) is 4.10. The van der Waals surface area contributed by atoms with Crippen LogP contribution >= 0.6 is 11.8 Å². The van der Waals surface area contributed by atoms with Gasteiger partial charge in [-0.05, 0) is 0 Å². The molecule has 0 saturated heterocycles. The Morgan fingerprint density at radius 1 is 0.893 bits per heavy atom. The molecule has 2 amide bonds. The van der Waals surface area contributed by atoms with E-state index in [0.29, 0.717) is 58.5 Å². The average molecular weight is 426 g/mol. The maximum Gasteiger partial charge on any atom is 0.305 e. The summed E-state index contributed by atoms with van der Waals surface area (Å²) in [6.45, 7) is 3.29. The number of carbonyl (C=O) groups excluding carboxylic acids is 2. The van der Waals surface area contributed by atoms with E-state index in [0.717, 1.165) is 0 Å². The molecular weight excluding hydrogens is 394 g/mol. The molecule has 1 atom stereocenters. The number of carbonyl (C=O) groups is 3. The summed E-state index contributed by atoms with van der Waals surface area (Å²) in [4.78, 5) is 32.5. The lowest BCUT2D eigenvalue weighted by Gasteiger charge is -2.09. The molecule has 6 N–H and O–H groups in total. The highest BCUT2D eigenvalue weighted by molar-refractivity contribution is 8.00. The Balaban J connectivity index is 3.22. The predicted octanol–water partition coefficient (Wildman–Crippen LogP) is -1.81. The Morgan fingerprint density at radius 2 is 1.39 bits per heavy atom. The van der Waals surface area contributed by atoms with Gasteiger partial charge in [0.05, 0.1) is 71.1 Å². The first-order valence-corrected chi connectivity index (χ1v) is 10.0. The molecule has 28 heavy (non-hydrogen) atoms. The molecule has 12 heteroatoms. The number of nitrogens with one attached hydrogen (secondary N) is 1. The maximum absolute atomic E-state index is 11.5. The van der Waals surface area contributed by atoms with Crippen molar-refractivity contribution in [3.05, 3.63) is 0 Å². The Labute approximate surface area is 168 Å². The Kier molecular flexibility index (Phi) is 17.9. The van der Waals surface area contributed by atoms with Gasteiger partial charge in [-0.1, -0.05) is 0 Å². The van der Waals surface area contributed by atoms with Crippen LogP contribution in [0.25, 0.3) is 0 Å². The summed E-state index contributed by atoms with van der Waals surface area (Å²) in [7, 11) is 0. The second kappa shape index (κ2) is 18.9. The van der Waals surface area contributed by atoms with Crippen molar-refractivity contribution in [2.75, 3.05) is 70.9 Å². The first-order valence-electron chi connectivity index (χ1n) is 8.85. The lowest BCUT2D eigenvalue weighted by atomic mass is 10.3. The van der Waals surface area contributed by atoms with Gasteiger partial charge in [0.2, 0.25) is 11.8 Å². The minimum Gasteiger partial charge on any atom is -0.481 e. The van der Waals surface area contributed by atoms with E-state index in [9.17, 15) is 14.4 Å². The van der Waals surface area contributed by atoms with Gasteiger partial charge in [-0.15, -0.1) is 11.8 Å². The first-order chi connectivity index (χ1) is 13.4. The van der Waals surface area contributed by atoms with Crippen LogP contribution in [0.5, 0.6) is 0 Å². The van der Waals surface area contributed by atoms with Crippen LogP contribution in [0.3, 0.4) is 0 Å². The molecule has 0 bridgehead atoms. The number of primary amides is 1. The van der Waals surface area contributed by atoms with Crippen molar-refractivity contribution in [1.82, 2.24) is 5.32 Å². The second-order valence-electron chi connectivity index (χ2n) is 5.47. The first kappa shape index (κ1) is 26.6. The zero-order valence-corrected chi connectivity index (χ0v) is 16.7. The van der Waals surface area contributed by atoms with E-state index in [1.807, 2.05) is 0 Å². The van der Waals surface area contributed by atoms with Gasteiger partial charge in [-0.3, -0.25) is 14.4 Å². The molecule has 0 aromatic rings. The number of rotatable bonds is 20. The number of aliphatic carboxylic acids is 1. The minimum absolute atomic E-state index is 0.0165. The normalized spacial score (nSPS) is 11.9.